The second-order valence-electron chi connectivity index (χ2n) is 6.98. The normalized spacial score (nSPS) is 21.0. The van der Waals surface area contributed by atoms with Gasteiger partial charge in [0.1, 0.15) is 5.75 Å². The van der Waals surface area contributed by atoms with E-state index in [1.165, 1.54) is 0 Å². The summed E-state index contributed by atoms with van der Waals surface area (Å²) in [6.07, 6.45) is 6.44. The summed E-state index contributed by atoms with van der Waals surface area (Å²) in [6.45, 7) is -0.719. The fourth-order valence-electron chi connectivity index (χ4n) is 3.89. The van der Waals surface area contributed by atoms with Gasteiger partial charge in [0.25, 0.3) is 0 Å². The molecule has 1 aromatic carbocycles. The van der Waals surface area contributed by atoms with Crippen LogP contribution in [-0.2, 0) is 11.2 Å². The van der Waals surface area contributed by atoms with E-state index in [4.69, 9.17) is 0 Å². The van der Waals surface area contributed by atoms with Crippen molar-refractivity contribution < 1.29 is 18.3 Å². The first-order valence-electron chi connectivity index (χ1n) is 9.19. The number of rotatable bonds is 6. The summed E-state index contributed by atoms with van der Waals surface area (Å²) in [5.41, 5.74) is 2.02. The number of hydrogen-bond donors (Lipinski definition) is 2. The van der Waals surface area contributed by atoms with E-state index in [-0.39, 0.29) is 17.7 Å². The lowest BCUT2D eigenvalue weighted by atomic mass is 9.87. The Bertz CT molecular complexity index is 589. The van der Waals surface area contributed by atoms with E-state index in [1.54, 1.807) is 12.1 Å². The van der Waals surface area contributed by atoms with Crippen molar-refractivity contribution in [3.05, 3.63) is 29.3 Å². The summed E-state index contributed by atoms with van der Waals surface area (Å²) in [4.78, 5) is 12.3. The summed E-state index contributed by atoms with van der Waals surface area (Å²) in [7, 11) is 0. The molecule has 138 valence electrons. The van der Waals surface area contributed by atoms with Crippen LogP contribution in [0.4, 0.5) is 8.78 Å². The number of carbonyl (C=O) groups is 1. The van der Waals surface area contributed by atoms with Gasteiger partial charge in [0.2, 0.25) is 5.91 Å². The molecule has 25 heavy (non-hydrogen) atoms. The fraction of sp³-hybridized carbons (Fsp3) is 0.632. The molecule has 1 aliphatic carbocycles. The van der Waals surface area contributed by atoms with Gasteiger partial charge >= 0.3 is 6.61 Å². The van der Waals surface area contributed by atoms with Crippen LogP contribution in [0.15, 0.2) is 18.2 Å². The molecular weight excluding hydrogens is 326 g/mol. The standard InChI is InChI=1S/C19H26F2N2O2/c20-19(21)25-15-5-6-16-14(12-15)2-1-3-17(16)23-18(24)7-4-13-8-10-22-11-9-13/h5-6,12-13,17,19,22H,1-4,7-11H2,(H,23,24). The van der Waals surface area contributed by atoms with Crippen LogP contribution in [0, 0.1) is 5.92 Å². The van der Waals surface area contributed by atoms with Gasteiger partial charge in [-0.1, -0.05) is 6.07 Å². The van der Waals surface area contributed by atoms with Gasteiger partial charge < -0.3 is 15.4 Å². The molecule has 0 aromatic heterocycles. The van der Waals surface area contributed by atoms with Crippen LogP contribution < -0.4 is 15.4 Å². The average Bonchev–Trinajstić information content (AvgIpc) is 2.60. The van der Waals surface area contributed by atoms with Crippen molar-refractivity contribution in [3.63, 3.8) is 0 Å². The Labute approximate surface area is 147 Å². The molecule has 0 radical (unpaired) electrons. The molecule has 3 rings (SSSR count). The van der Waals surface area contributed by atoms with Crippen LogP contribution >= 0.6 is 0 Å². The quantitative estimate of drug-likeness (QED) is 0.823. The van der Waals surface area contributed by atoms with E-state index in [2.05, 4.69) is 15.4 Å². The van der Waals surface area contributed by atoms with Gasteiger partial charge in [0.15, 0.2) is 0 Å². The number of fused-ring (bicyclic) bond motifs is 1. The van der Waals surface area contributed by atoms with Gasteiger partial charge in [0.05, 0.1) is 6.04 Å². The van der Waals surface area contributed by atoms with Crippen molar-refractivity contribution in [1.82, 2.24) is 10.6 Å². The Balaban J connectivity index is 1.55. The minimum atomic E-state index is -2.81. The molecule has 1 amide bonds. The van der Waals surface area contributed by atoms with E-state index in [0.29, 0.717) is 12.3 Å². The van der Waals surface area contributed by atoms with Crippen LogP contribution in [0.2, 0.25) is 0 Å². The second-order valence-corrected chi connectivity index (χ2v) is 6.98. The van der Waals surface area contributed by atoms with E-state index >= 15 is 0 Å². The molecule has 1 saturated heterocycles. The topological polar surface area (TPSA) is 50.4 Å². The maximum atomic E-state index is 12.4. The number of hydrogen-bond acceptors (Lipinski definition) is 3. The number of benzene rings is 1. The lowest BCUT2D eigenvalue weighted by molar-refractivity contribution is -0.122. The van der Waals surface area contributed by atoms with Crippen molar-refractivity contribution in [3.8, 4) is 5.75 Å². The minimum Gasteiger partial charge on any atom is -0.435 e. The third-order valence-electron chi connectivity index (χ3n) is 5.23. The summed E-state index contributed by atoms with van der Waals surface area (Å²) in [6, 6.07) is 5.02. The maximum Gasteiger partial charge on any atom is 0.387 e. The van der Waals surface area contributed by atoms with Crippen LogP contribution in [0.5, 0.6) is 5.75 Å². The molecular formula is C19H26F2N2O2. The SMILES string of the molecule is O=C(CCC1CCNCC1)NC1CCCc2cc(OC(F)F)ccc21. The zero-order valence-corrected chi connectivity index (χ0v) is 14.4. The lowest BCUT2D eigenvalue weighted by Gasteiger charge is -2.27. The lowest BCUT2D eigenvalue weighted by Crippen LogP contribution is -2.32. The molecule has 4 nitrogen and oxygen atoms in total. The highest BCUT2D eigenvalue weighted by atomic mass is 19.3. The molecule has 6 heteroatoms. The molecule has 0 bridgehead atoms. The van der Waals surface area contributed by atoms with E-state index in [1.807, 2.05) is 6.07 Å². The molecule has 1 fully saturated rings. The van der Waals surface area contributed by atoms with E-state index in [9.17, 15) is 13.6 Å². The van der Waals surface area contributed by atoms with Gasteiger partial charge in [-0.2, -0.15) is 8.78 Å². The van der Waals surface area contributed by atoms with Gasteiger partial charge in [-0.25, -0.2) is 0 Å². The largest absolute Gasteiger partial charge is 0.435 e. The number of halogens is 2. The summed E-state index contributed by atoms with van der Waals surface area (Å²) < 4.78 is 29.2. The molecule has 0 saturated carbocycles. The molecule has 2 N–H and O–H groups in total. The molecule has 0 spiro atoms. The summed E-state index contributed by atoms with van der Waals surface area (Å²) in [5, 5.41) is 6.47. The maximum absolute atomic E-state index is 12.4. The third kappa shape index (κ3) is 5.14. The van der Waals surface area contributed by atoms with Crippen LogP contribution in [0.1, 0.15) is 55.7 Å². The summed E-state index contributed by atoms with van der Waals surface area (Å²) in [5.74, 6) is 0.913. The first-order chi connectivity index (χ1) is 12.1. The predicted octanol–water partition coefficient (Wildman–Crippen LogP) is 3.56. The smallest absolute Gasteiger partial charge is 0.387 e. The van der Waals surface area contributed by atoms with Crippen molar-refractivity contribution >= 4 is 5.91 Å². The highest BCUT2D eigenvalue weighted by Crippen LogP contribution is 2.32. The fourth-order valence-corrected chi connectivity index (χ4v) is 3.89. The zero-order chi connectivity index (χ0) is 17.6. The predicted molar refractivity (Wildman–Crippen MR) is 91.7 cm³/mol. The van der Waals surface area contributed by atoms with Crippen LogP contribution in [0.25, 0.3) is 0 Å². The molecule has 1 atom stereocenters. The van der Waals surface area contributed by atoms with Gasteiger partial charge in [-0.3, -0.25) is 4.79 Å². The third-order valence-corrected chi connectivity index (χ3v) is 5.23. The first kappa shape index (κ1) is 18.1. The highest BCUT2D eigenvalue weighted by molar-refractivity contribution is 5.76. The Kier molecular flexibility index (Phi) is 6.24. The monoisotopic (exact) mass is 352 g/mol. The van der Waals surface area contributed by atoms with Crippen LogP contribution in [0.3, 0.4) is 0 Å². The highest BCUT2D eigenvalue weighted by Gasteiger charge is 2.23. The molecule has 1 aromatic rings. The van der Waals surface area contributed by atoms with Crippen LogP contribution in [-0.4, -0.2) is 25.6 Å². The molecule has 1 heterocycles. The van der Waals surface area contributed by atoms with Gasteiger partial charge in [0, 0.05) is 6.42 Å². The van der Waals surface area contributed by atoms with Gasteiger partial charge in [-0.15, -0.1) is 0 Å². The number of nitrogens with one attached hydrogen (secondary N) is 2. The minimum absolute atomic E-state index is 0.0233. The summed E-state index contributed by atoms with van der Waals surface area (Å²) >= 11 is 0. The second kappa shape index (κ2) is 8.61. The van der Waals surface area contributed by atoms with Crippen molar-refractivity contribution in [2.24, 2.45) is 5.92 Å². The Hall–Kier alpha value is -1.69. The number of aryl methyl sites for hydroxylation is 1. The molecule has 1 aliphatic heterocycles. The number of carbonyl (C=O) groups excluding carboxylic acids is 1. The molecule has 1 unspecified atom stereocenters. The Morgan fingerprint density at radius 2 is 2.08 bits per heavy atom. The Morgan fingerprint density at radius 3 is 2.84 bits per heavy atom. The zero-order valence-electron chi connectivity index (χ0n) is 14.4. The van der Waals surface area contributed by atoms with Crippen molar-refractivity contribution in [1.29, 1.82) is 0 Å². The number of amides is 1. The van der Waals surface area contributed by atoms with E-state index in [0.717, 1.165) is 62.7 Å². The number of alkyl halides is 2. The van der Waals surface area contributed by atoms with E-state index < -0.39 is 6.61 Å². The van der Waals surface area contributed by atoms with Gasteiger partial charge in [-0.05, 0) is 80.8 Å². The average molecular weight is 352 g/mol. The molecule has 2 aliphatic rings. The number of ether oxygens (including phenoxy) is 1. The van der Waals surface area contributed by atoms with Crippen molar-refractivity contribution in [2.45, 2.75) is 57.6 Å². The Morgan fingerprint density at radius 1 is 1.28 bits per heavy atom. The first-order valence-corrected chi connectivity index (χ1v) is 9.19. The van der Waals surface area contributed by atoms with Crippen molar-refractivity contribution in [2.75, 3.05) is 13.1 Å². The number of piperidine rings is 1.